The number of halogens is 1. The van der Waals surface area contributed by atoms with Gasteiger partial charge in [0.15, 0.2) is 5.96 Å². The lowest BCUT2D eigenvalue weighted by Gasteiger charge is -2.26. The first-order valence-electron chi connectivity index (χ1n) is 8.91. The van der Waals surface area contributed by atoms with E-state index in [1.54, 1.807) is 7.11 Å². The Kier molecular flexibility index (Phi) is 14.2. The summed E-state index contributed by atoms with van der Waals surface area (Å²) in [6.45, 7) is 8.49. The molecule has 1 rings (SSSR count). The van der Waals surface area contributed by atoms with Gasteiger partial charge >= 0.3 is 0 Å². The van der Waals surface area contributed by atoms with Crippen LogP contribution in [0.1, 0.15) is 52.4 Å². The highest BCUT2D eigenvalue weighted by Crippen LogP contribution is 2.15. The topological polar surface area (TPSA) is 48.9 Å². The summed E-state index contributed by atoms with van der Waals surface area (Å²) < 4.78 is 5.20. The molecule has 6 heteroatoms. The van der Waals surface area contributed by atoms with Gasteiger partial charge in [0.2, 0.25) is 0 Å². The fourth-order valence-corrected chi connectivity index (χ4v) is 3.04. The molecule has 0 amide bonds. The van der Waals surface area contributed by atoms with E-state index in [1.165, 1.54) is 45.1 Å². The third-order valence-corrected chi connectivity index (χ3v) is 4.43. The molecule has 5 nitrogen and oxygen atoms in total. The zero-order valence-electron chi connectivity index (χ0n) is 15.4. The van der Waals surface area contributed by atoms with Gasteiger partial charge < -0.3 is 15.4 Å². The van der Waals surface area contributed by atoms with Crippen LogP contribution in [0.4, 0.5) is 0 Å². The van der Waals surface area contributed by atoms with Crippen molar-refractivity contribution in [3.8, 4) is 0 Å². The lowest BCUT2D eigenvalue weighted by atomic mass is 10.1. The zero-order chi connectivity index (χ0) is 16.2. The maximum atomic E-state index is 5.20. The van der Waals surface area contributed by atoms with Crippen molar-refractivity contribution in [3.63, 3.8) is 0 Å². The molecule has 0 aliphatic carbocycles. The van der Waals surface area contributed by atoms with Crippen LogP contribution >= 0.6 is 24.0 Å². The summed E-state index contributed by atoms with van der Waals surface area (Å²) in [6, 6.07) is 1.08. The van der Waals surface area contributed by atoms with Gasteiger partial charge in [-0.05, 0) is 32.7 Å². The van der Waals surface area contributed by atoms with E-state index in [4.69, 9.17) is 4.74 Å². The Balaban J connectivity index is 0.00000484. The van der Waals surface area contributed by atoms with Crippen LogP contribution in [0.15, 0.2) is 4.99 Å². The molecule has 2 N–H and O–H groups in total. The number of ether oxygens (including phenoxy) is 1. The summed E-state index contributed by atoms with van der Waals surface area (Å²) >= 11 is 0. The quantitative estimate of drug-likeness (QED) is 0.238. The number of guanidine groups is 1. The molecule has 0 aromatic heterocycles. The van der Waals surface area contributed by atoms with E-state index in [0.29, 0.717) is 12.1 Å². The third-order valence-electron chi connectivity index (χ3n) is 4.43. The molecular weight excluding hydrogens is 403 g/mol. The van der Waals surface area contributed by atoms with Crippen molar-refractivity contribution in [2.75, 3.05) is 40.4 Å². The maximum absolute atomic E-state index is 5.20. The Hall–Kier alpha value is -0.0800. The van der Waals surface area contributed by atoms with Gasteiger partial charge in [0, 0.05) is 39.3 Å². The van der Waals surface area contributed by atoms with Gasteiger partial charge in [0.25, 0.3) is 0 Å². The highest BCUT2D eigenvalue weighted by atomic mass is 127. The van der Waals surface area contributed by atoms with Crippen LogP contribution in [0.25, 0.3) is 0 Å². The fraction of sp³-hybridized carbons (Fsp3) is 0.941. The maximum Gasteiger partial charge on any atom is 0.191 e. The van der Waals surface area contributed by atoms with Crippen molar-refractivity contribution in [2.24, 2.45) is 4.99 Å². The molecule has 0 spiro atoms. The summed E-state index contributed by atoms with van der Waals surface area (Å²) in [4.78, 5) is 6.88. The monoisotopic (exact) mass is 440 g/mol. The number of nitrogens with one attached hydrogen (secondary N) is 2. The minimum atomic E-state index is 0. The molecule has 1 aliphatic rings. The number of nitrogens with zero attached hydrogens (tertiary/aromatic N) is 2. The van der Waals surface area contributed by atoms with E-state index in [9.17, 15) is 0 Å². The van der Waals surface area contributed by atoms with Crippen LogP contribution in [-0.4, -0.2) is 63.3 Å². The molecule has 0 aromatic rings. The summed E-state index contributed by atoms with van der Waals surface area (Å²) in [5.41, 5.74) is 0. The lowest BCUT2D eigenvalue weighted by Crippen LogP contribution is -2.47. The van der Waals surface area contributed by atoms with Gasteiger partial charge in [-0.3, -0.25) is 9.89 Å². The first-order valence-corrected chi connectivity index (χ1v) is 8.91. The molecule has 2 unspecified atom stereocenters. The molecule has 23 heavy (non-hydrogen) atoms. The average Bonchev–Trinajstić information content (AvgIpc) is 2.97. The highest BCUT2D eigenvalue weighted by molar-refractivity contribution is 14.0. The van der Waals surface area contributed by atoms with Crippen LogP contribution in [0.3, 0.4) is 0 Å². The number of hydrogen-bond acceptors (Lipinski definition) is 3. The van der Waals surface area contributed by atoms with Crippen molar-refractivity contribution < 1.29 is 4.74 Å². The number of hydrogen-bond donors (Lipinski definition) is 2. The normalized spacial score (nSPS) is 20.2. The summed E-state index contributed by atoms with van der Waals surface area (Å²) in [7, 11) is 3.63. The first-order chi connectivity index (χ1) is 10.7. The van der Waals surface area contributed by atoms with E-state index in [2.05, 4.69) is 34.4 Å². The molecule has 1 fully saturated rings. The van der Waals surface area contributed by atoms with Gasteiger partial charge in [-0.15, -0.1) is 24.0 Å². The van der Waals surface area contributed by atoms with Crippen LogP contribution < -0.4 is 10.6 Å². The zero-order valence-corrected chi connectivity index (χ0v) is 17.8. The molecule has 2 atom stereocenters. The third kappa shape index (κ3) is 9.72. The van der Waals surface area contributed by atoms with Crippen molar-refractivity contribution in [1.29, 1.82) is 0 Å². The molecule has 1 heterocycles. The molecule has 138 valence electrons. The second-order valence-corrected chi connectivity index (χ2v) is 6.32. The SMILES string of the molecule is CCCCCC(C)NC(=NC)NCC1CCCN1CCOC.I. The van der Waals surface area contributed by atoms with Crippen LogP contribution in [0.2, 0.25) is 0 Å². The minimum Gasteiger partial charge on any atom is -0.383 e. The van der Waals surface area contributed by atoms with Crippen molar-refractivity contribution in [3.05, 3.63) is 0 Å². The van der Waals surface area contributed by atoms with Crippen molar-refractivity contribution in [1.82, 2.24) is 15.5 Å². The van der Waals surface area contributed by atoms with Gasteiger partial charge in [-0.1, -0.05) is 26.2 Å². The molecule has 1 saturated heterocycles. The largest absolute Gasteiger partial charge is 0.383 e. The van der Waals surface area contributed by atoms with Crippen molar-refractivity contribution >= 4 is 29.9 Å². The summed E-state index contributed by atoms with van der Waals surface area (Å²) in [5.74, 6) is 0.933. The Morgan fingerprint density at radius 3 is 2.83 bits per heavy atom. The second kappa shape index (κ2) is 14.3. The van der Waals surface area contributed by atoms with E-state index in [-0.39, 0.29) is 24.0 Å². The number of aliphatic imine (C=N–C) groups is 1. The second-order valence-electron chi connectivity index (χ2n) is 6.32. The Morgan fingerprint density at radius 1 is 1.39 bits per heavy atom. The Morgan fingerprint density at radius 2 is 2.17 bits per heavy atom. The smallest absolute Gasteiger partial charge is 0.191 e. The van der Waals surface area contributed by atoms with E-state index in [1.807, 2.05) is 7.05 Å². The molecule has 0 radical (unpaired) electrons. The van der Waals surface area contributed by atoms with E-state index >= 15 is 0 Å². The number of likely N-dealkylation sites (tertiary alicyclic amines) is 1. The lowest BCUT2D eigenvalue weighted by molar-refractivity contribution is 0.141. The molecule has 0 bridgehead atoms. The Labute approximate surface area is 160 Å². The predicted molar refractivity (Wildman–Crippen MR) is 110 cm³/mol. The van der Waals surface area contributed by atoms with Gasteiger partial charge in [0.1, 0.15) is 0 Å². The first kappa shape index (κ1) is 22.9. The predicted octanol–water partition coefficient (Wildman–Crippen LogP) is 2.85. The number of unbranched alkanes of at least 4 members (excludes halogenated alkanes) is 2. The van der Waals surface area contributed by atoms with Crippen LogP contribution in [0, 0.1) is 0 Å². The summed E-state index contributed by atoms with van der Waals surface area (Å²) in [6.07, 6.45) is 7.63. The van der Waals surface area contributed by atoms with Gasteiger partial charge in [-0.2, -0.15) is 0 Å². The number of methoxy groups -OCH3 is 1. The van der Waals surface area contributed by atoms with Crippen molar-refractivity contribution in [2.45, 2.75) is 64.5 Å². The Bertz CT molecular complexity index is 315. The van der Waals surface area contributed by atoms with Crippen LogP contribution in [0.5, 0.6) is 0 Å². The number of rotatable bonds is 10. The molecular formula is C17H37IN4O. The molecule has 1 aliphatic heterocycles. The van der Waals surface area contributed by atoms with E-state index in [0.717, 1.165) is 25.7 Å². The average molecular weight is 440 g/mol. The minimum absolute atomic E-state index is 0. The standard InChI is InChI=1S/C17H36N4O.HI/c1-5-6-7-9-15(2)20-17(18-3)19-14-16-10-8-11-21(16)12-13-22-4;/h15-16H,5-14H2,1-4H3,(H2,18,19,20);1H. The van der Waals surface area contributed by atoms with Crippen LogP contribution in [-0.2, 0) is 4.74 Å². The van der Waals surface area contributed by atoms with Gasteiger partial charge in [-0.25, -0.2) is 0 Å². The molecule has 0 saturated carbocycles. The molecule has 0 aromatic carbocycles. The van der Waals surface area contributed by atoms with Gasteiger partial charge in [0.05, 0.1) is 6.61 Å². The highest BCUT2D eigenvalue weighted by Gasteiger charge is 2.24. The fourth-order valence-electron chi connectivity index (χ4n) is 3.04. The summed E-state index contributed by atoms with van der Waals surface area (Å²) in [5, 5.41) is 7.00. The van der Waals surface area contributed by atoms with E-state index < -0.39 is 0 Å².